The molecule has 8 nitrogen and oxygen atoms in total. The molecule has 1 heterocycles. The van der Waals surface area contributed by atoms with Crippen LogP contribution in [0.25, 0.3) is 20.8 Å². The molecule has 0 saturated heterocycles. The zero-order valence-corrected chi connectivity index (χ0v) is 20.0. The molecule has 0 saturated carbocycles. The predicted molar refractivity (Wildman–Crippen MR) is 131 cm³/mol. The molecule has 0 unspecified atom stereocenters. The Morgan fingerprint density at radius 3 is 2.47 bits per heavy atom. The normalized spacial score (nSPS) is 11.4. The fraction of sp³-hybridized carbons (Fsp3) is 0.125. The minimum absolute atomic E-state index is 0.0229. The van der Waals surface area contributed by atoms with Crippen LogP contribution in [0.2, 0.25) is 0 Å². The molecule has 0 aliphatic carbocycles. The fourth-order valence-corrected chi connectivity index (χ4v) is 4.86. The second-order valence-electron chi connectivity index (χ2n) is 7.71. The zero-order valence-electron chi connectivity index (χ0n) is 18.4. The fourth-order valence-electron chi connectivity index (χ4n) is 3.26. The summed E-state index contributed by atoms with van der Waals surface area (Å²) in [7, 11) is -3.97. The largest absolute Gasteiger partial charge is 0.452 e. The summed E-state index contributed by atoms with van der Waals surface area (Å²) in [5.41, 5.74) is 4.10. The number of nitrogens with one attached hydrogen (secondary N) is 1. The van der Waals surface area contributed by atoms with E-state index in [4.69, 9.17) is 9.88 Å². The van der Waals surface area contributed by atoms with Gasteiger partial charge in [0.15, 0.2) is 6.61 Å². The van der Waals surface area contributed by atoms with E-state index in [-0.39, 0.29) is 10.5 Å². The van der Waals surface area contributed by atoms with Crippen LogP contribution in [0, 0.1) is 13.8 Å². The van der Waals surface area contributed by atoms with Gasteiger partial charge in [-0.05, 0) is 73.5 Å². The number of fused-ring (bicyclic) bond motifs is 1. The summed E-state index contributed by atoms with van der Waals surface area (Å²) in [5.74, 6) is -1.35. The van der Waals surface area contributed by atoms with E-state index in [9.17, 15) is 18.0 Å². The van der Waals surface area contributed by atoms with Crippen LogP contribution in [-0.4, -0.2) is 31.9 Å². The Morgan fingerprint density at radius 1 is 1.03 bits per heavy atom. The van der Waals surface area contributed by atoms with Crippen LogP contribution in [-0.2, 0) is 19.6 Å². The average Bonchev–Trinajstić information content (AvgIpc) is 3.20. The first kappa shape index (κ1) is 23.6. The van der Waals surface area contributed by atoms with E-state index in [0.29, 0.717) is 11.3 Å². The van der Waals surface area contributed by atoms with Gasteiger partial charge in [0.05, 0.1) is 20.7 Å². The molecule has 3 N–H and O–H groups in total. The van der Waals surface area contributed by atoms with Crippen molar-refractivity contribution < 1.29 is 22.7 Å². The number of hydrogen-bond donors (Lipinski definition) is 2. The van der Waals surface area contributed by atoms with Gasteiger partial charge in [0.1, 0.15) is 5.01 Å². The van der Waals surface area contributed by atoms with Crippen molar-refractivity contribution in [3.8, 4) is 10.6 Å². The lowest BCUT2D eigenvalue weighted by Gasteiger charge is -2.09. The Bertz CT molecular complexity index is 1510. The molecule has 10 heteroatoms. The smallest absolute Gasteiger partial charge is 0.338 e. The lowest BCUT2D eigenvalue weighted by Crippen LogP contribution is -2.21. The number of esters is 1. The maximum Gasteiger partial charge on any atom is 0.338 e. The summed E-state index contributed by atoms with van der Waals surface area (Å²) in [4.78, 5) is 29.0. The Balaban J connectivity index is 1.38. The number of thiazole rings is 1. The highest BCUT2D eigenvalue weighted by atomic mass is 32.2. The first-order chi connectivity index (χ1) is 16.1. The first-order valence-corrected chi connectivity index (χ1v) is 12.5. The number of amides is 1. The molecule has 0 fully saturated rings. The van der Waals surface area contributed by atoms with Gasteiger partial charge in [-0.25, -0.2) is 23.3 Å². The SMILES string of the molecule is Cc1ccc2nc(-c3ccc(NC(=O)COC(=O)c4cc(S(N)(=O)=O)ccc4C)cc3)sc2c1. The maximum absolute atomic E-state index is 12.4. The topological polar surface area (TPSA) is 128 Å². The lowest BCUT2D eigenvalue weighted by molar-refractivity contribution is -0.119. The minimum atomic E-state index is -3.97. The van der Waals surface area contributed by atoms with Crippen LogP contribution >= 0.6 is 11.3 Å². The van der Waals surface area contributed by atoms with Crippen LogP contribution in [0.1, 0.15) is 21.5 Å². The van der Waals surface area contributed by atoms with Crippen LogP contribution < -0.4 is 10.5 Å². The van der Waals surface area contributed by atoms with Gasteiger partial charge in [0.2, 0.25) is 10.0 Å². The Labute approximate surface area is 200 Å². The number of nitrogens with two attached hydrogens (primary N) is 1. The number of nitrogens with zero attached hydrogens (tertiary/aromatic N) is 1. The molecule has 174 valence electrons. The van der Waals surface area contributed by atoms with Crippen molar-refractivity contribution in [2.24, 2.45) is 5.14 Å². The highest BCUT2D eigenvalue weighted by Gasteiger charge is 2.17. The number of primary sulfonamides is 1. The van der Waals surface area contributed by atoms with Crippen LogP contribution in [0.15, 0.2) is 65.6 Å². The molecule has 0 spiro atoms. The lowest BCUT2D eigenvalue weighted by atomic mass is 10.1. The molecule has 4 rings (SSSR count). The number of carbonyl (C=O) groups is 2. The molecule has 0 atom stereocenters. The third kappa shape index (κ3) is 5.30. The third-order valence-corrected chi connectivity index (χ3v) is 7.03. The second-order valence-corrected chi connectivity index (χ2v) is 10.3. The average molecular weight is 496 g/mol. The van der Waals surface area contributed by atoms with E-state index in [2.05, 4.69) is 16.4 Å². The number of aromatic nitrogens is 1. The van der Waals surface area contributed by atoms with E-state index in [0.717, 1.165) is 26.9 Å². The maximum atomic E-state index is 12.4. The predicted octanol–water partition coefficient (Wildman–Crippen LogP) is 4.02. The van der Waals surface area contributed by atoms with Crippen molar-refractivity contribution >= 4 is 49.1 Å². The van der Waals surface area contributed by atoms with Crippen molar-refractivity contribution in [1.82, 2.24) is 4.98 Å². The number of benzene rings is 3. The molecular formula is C24H21N3O5S2. The summed E-state index contributed by atoms with van der Waals surface area (Å²) in [6.45, 7) is 3.13. The first-order valence-electron chi connectivity index (χ1n) is 10.2. The monoisotopic (exact) mass is 495 g/mol. The summed E-state index contributed by atoms with van der Waals surface area (Å²) >= 11 is 1.60. The summed E-state index contributed by atoms with van der Waals surface area (Å²) < 4.78 is 29.2. The van der Waals surface area contributed by atoms with Gasteiger partial charge in [0.25, 0.3) is 5.91 Å². The number of carbonyl (C=O) groups excluding carboxylic acids is 2. The van der Waals surface area contributed by atoms with Crippen molar-refractivity contribution in [2.75, 3.05) is 11.9 Å². The van der Waals surface area contributed by atoms with E-state index in [1.54, 1.807) is 30.4 Å². The van der Waals surface area contributed by atoms with E-state index >= 15 is 0 Å². The van der Waals surface area contributed by atoms with Crippen molar-refractivity contribution in [2.45, 2.75) is 18.7 Å². The molecule has 0 bridgehead atoms. The van der Waals surface area contributed by atoms with Gasteiger partial charge in [-0.1, -0.05) is 12.1 Å². The molecular weight excluding hydrogens is 474 g/mol. The van der Waals surface area contributed by atoms with Gasteiger partial charge < -0.3 is 10.1 Å². The second kappa shape index (κ2) is 9.34. The molecule has 34 heavy (non-hydrogen) atoms. The highest BCUT2D eigenvalue weighted by molar-refractivity contribution is 7.89. The third-order valence-electron chi connectivity index (χ3n) is 5.05. The highest BCUT2D eigenvalue weighted by Crippen LogP contribution is 2.31. The van der Waals surface area contributed by atoms with Crippen LogP contribution in [0.4, 0.5) is 5.69 Å². The van der Waals surface area contributed by atoms with Crippen LogP contribution in [0.5, 0.6) is 0 Å². The van der Waals surface area contributed by atoms with E-state index in [1.165, 1.54) is 17.7 Å². The van der Waals surface area contributed by atoms with Crippen LogP contribution in [0.3, 0.4) is 0 Å². The Morgan fingerprint density at radius 2 is 1.76 bits per heavy atom. The molecule has 0 aliphatic heterocycles. The van der Waals surface area contributed by atoms with Gasteiger partial charge in [-0.2, -0.15) is 0 Å². The molecule has 0 aliphatic rings. The number of sulfonamides is 1. The van der Waals surface area contributed by atoms with Gasteiger partial charge >= 0.3 is 5.97 Å². The molecule has 0 radical (unpaired) electrons. The number of hydrogen-bond acceptors (Lipinski definition) is 7. The summed E-state index contributed by atoms with van der Waals surface area (Å²) in [6.07, 6.45) is 0. The van der Waals surface area contributed by atoms with E-state index < -0.39 is 28.5 Å². The van der Waals surface area contributed by atoms with Gasteiger partial charge in [0, 0.05) is 11.3 Å². The number of ether oxygens (including phenoxy) is 1. The van der Waals surface area contributed by atoms with Crippen molar-refractivity contribution in [3.05, 3.63) is 77.4 Å². The minimum Gasteiger partial charge on any atom is -0.452 e. The number of rotatable bonds is 6. The van der Waals surface area contributed by atoms with Crippen molar-refractivity contribution in [3.63, 3.8) is 0 Å². The van der Waals surface area contributed by atoms with Crippen molar-refractivity contribution in [1.29, 1.82) is 0 Å². The molecule has 1 aromatic heterocycles. The molecule has 4 aromatic rings. The summed E-state index contributed by atoms with van der Waals surface area (Å²) in [6, 6.07) is 17.2. The summed E-state index contributed by atoms with van der Waals surface area (Å²) in [5, 5.41) is 8.65. The standard InChI is InChI=1S/C24H21N3O5S2/c1-14-3-10-20-21(11-14)33-23(27-20)16-5-7-17(8-6-16)26-22(28)13-32-24(29)19-12-18(34(25,30)31)9-4-15(19)2/h3-12H,13H2,1-2H3,(H,26,28)(H2,25,30,31). The quantitative estimate of drug-likeness (QED) is 0.389. The van der Waals surface area contributed by atoms with Gasteiger partial charge in [-0.3, -0.25) is 4.79 Å². The number of aryl methyl sites for hydroxylation is 2. The molecule has 1 amide bonds. The number of anilines is 1. The Hall–Kier alpha value is -3.60. The Kier molecular flexibility index (Phi) is 6.47. The molecule has 3 aromatic carbocycles. The van der Waals surface area contributed by atoms with E-state index in [1.807, 2.05) is 31.2 Å². The zero-order chi connectivity index (χ0) is 24.5. The van der Waals surface area contributed by atoms with Gasteiger partial charge in [-0.15, -0.1) is 11.3 Å².